The summed E-state index contributed by atoms with van der Waals surface area (Å²) in [5.74, 6) is 0.471. The van der Waals surface area contributed by atoms with Gasteiger partial charge in [0.2, 0.25) is 0 Å². The number of benzene rings is 1. The normalized spacial score (nSPS) is 18.2. The summed E-state index contributed by atoms with van der Waals surface area (Å²) in [7, 11) is 0. The van der Waals surface area contributed by atoms with Gasteiger partial charge in [0.05, 0.1) is 5.01 Å². The molecule has 1 aliphatic rings. The lowest BCUT2D eigenvalue weighted by molar-refractivity contribution is -0.134. The van der Waals surface area contributed by atoms with Crippen LogP contribution in [-0.2, 0) is 4.79 Å². The maximum absolute atomic E-state index is 12.8. The Bertz CT molecular complexity index is 616. The molecule has 1 atom stereocenters. The SMILES string of the molecule is O=C(COc1ccc(F)cc1)N1CCC[C@H](c2nccs2)C1. The molecule has 1 aliphatic heterocycles. The minimum atomic E-state index is -0.319. The molecule has 0 saturated carbocycles. The van der Waals surface area contributed by atoms with Crippen molar-refractivity contribution in [2.24, 2.45) is 0 Å². The van der Waals surface area contributed by atoms with Crippen LogP contribution in [0.25, 0.3) is 0 Å². The lowest BCUT2D eigenvalue weighted by Gasteiger charge is -2.31. The minimum Gasteiger partial charge on any atom is -0.484 e. The van der Waals surface area contributed by atoms with E-state index in [4.69, 9.17) is 4.74 Å². The van der Waals surface area contributed by atoms with Crippen LogP contribution in [0.2, 0.25) is 0 Å². The van der Waals surface area contributed by atoms with Gasteiger partial charge in [-0.15, -0.1) is 11.3 Å². The summed E-state index contributed by atoms with van der Waals surface area (Å²) in [6, 6.07) is 5.69. The lowest BCUT2D eigenvalue weighted by Crippen LogP contribution is -2.41. The van der Waals surface area contributed by atoms with E-state index in [0.29, 0.717) is 18.2 Å². The average molecular weight is 320 g/mol. The molecule has 0 bridgehead atoms. The monoisotopic (exact) mass is 320 g/mol. The molecule has 1 aromatic carbocycles. The zero-order valence-corrected chi connectivity index (χ0v) is 12.9. The molecule has 2 heterocycles. The van der Waals surface area contributed by atoms with Gasteiger partial charge >= 0.3 is 0 Å². The summed E-state index contributed by atoms with van der Waals surface area (Å²) in [5, 5.41) is 3.06. The number of hydrogen-bond acceptors (Lipinski definition) is 4. The first-order chi connectivity index (χ1) is 10.7. The van der Waals surface area contributed by atoms with Crippen molar-refractivity contribution in [3.63, 3.8) is 0 Å². The molecule has 4 nitrogen and oxygen atoms in total. The van der Waals surface area contributed by atoms with E-state index in [1.54, 1.807) is 17.5 Å². The van der Waals surface area contributed by atoms with Crippen molar-refractivity contribution >= 4 is 17.2 Å². The van der Waals surface area contributed by atoms with Crippen LogP contribution in [0.15, 0.2) is 35.8 Å². The topological polar surface area (TPSA) is 42.4 Å². The third kappa shape index (κ3) is 3.62. The van der Waals surface area contributed by atoms with E-state index in [9.17, 15) is 9.18 Å². The van der Waals surface area contributed by atoms with Crippen molar-refractivity contribution in [2.45, 2.75) is 18.8 Å². The molecule has 2 aromatic rings. The van der Waals surface area contributed by atoms with Gasteiger partial charge in [-0.2, -0.15) is 0 Å². The van der Waals surface area contributed by atoms with Crippen molar-refractivity contribution in [3.8, 4) is 5.75 Å². The summed E-state index contributed by atoms with van der Waals surface area (Å²) in [6.45, 7) is 1.43. The fourth-order valence-electron chi connectivity index (χ4n) is 2.61. The number of nitrogens with zero attached hydrogens (tertiary/aromatic N) is 2. The van der Waals surface area contributed by atoms with E-state index in [-0.39, 0.29) is 18.3 Å². The summed E-state index contributed by atoms with van der Waals surface area (Å²) >= 11 is 1.64. The van der Waals surface area contributed by atoms with Gasteiger partial charge in [-0.25, -0.2) is 9.37 Å². The third-order valence-corrected chi connectivity index (χ3v) is 4.69. The van der Waals surface area contributed by atoms with E-state index in [2.05, 4.69) is 4.98 Å². The van der Waals surface area contributed by atoms with E-state index >= 15 is 0 Å². The van der Waals surface area contributed by atoms with Crippen LogP contribution in [0, 0.1) is 5.82 Å². The Labute approximate surface area is 132 Å². The maximum Gasteiger partial charge on any atom is 0.260 e. The van der Waals surface area contributed by atoms with Crippen LogP contribution in [0.1, 0.15) is 23.8 Å². The number of carbonyl (C=O) groups is 1. The average Bonchev–Trinajstić information content (AvgIpc) is 3.09. The summed E-state index contributed by atoms with van der Waals surface area (Å²) in [5.41, 5.74) is 0. The molecule has 0 radical (unpaired) electrons. The van der Waals surface area contributed by atoms with Gasteiger partial charge in [0.1, 0.15) is 11.6 Å². The van der Waals surface area contributed by atoms with Crippen LogP contribution >= 0.6 is 11.3 Å². The number of aromatic nitrogens is 1. The molecule has 0 unspecified atom stereocenters. The molecule has 0 N–H and O–H groups in total. The number of rotatable bonds is 4. The van der Waals surface area contributed by atoms with Gasteiger partial charge in [-0.3, -0.25) is 4.79 Å². The van der Waals surface area contributed by atoms with Gasteiger partial charge in [-0.05, 0) is 37.1 Å². The summed E-state index contributed by atoms with van der Waals surface area (Å²) in [6.07, 6.45) is 3.85. The Morgan fingerprint density at radius 2 is 2.23 bits per heavy atom. The highest BCUT2D eigenvalue weighted by molar-refractivity contribution is 7.09. The number of piperidine rings is 1. The third-order valence-electron chi connectivity index (χ3n) is 3.75. The molecule has 116 valence electrons. The molecule has 22 heavy (non-hydrogen) atoms. The van der Waals surface area contributed by atoms with Crippen LogP contribution in [0.4, 0.5) is 4.39 Å². The summed E-state index contributed by atoms with van der Waals surface area (Å²) in [4.78, 5) is 18.4. The Morgan fingerprint density at radius 1 is 1.41 bits per heavy atom. The number of ether oxygens (including phenoxy) is 1. The first kappa shape index (κ1) is 15.0. The second kappa shape index (κ2) is 6.87. The fraction of sp³-hybridized carbons (Fsp3) is 0.375. The molecule has 0 aliphatic carbocycles. The van der Waals surface area contributed by atoms with Crippen LogP contribution < -0.4 is 4.74 Å². The van der Waals surface area contributed by atoms with E-state index in [1.807, 2.05) is 10.3 Å². The quantitative estimate of drug-likeness (QED) is 0.869. The number of hydrogen-bond donors (Lipinski definition) is 0. The van der Waals surface area contributed by atoms with Gasteiger partial charge in [0.25, 0.3) is 5.91 Å². The predicted molar refractivity (Wildman–Crippen MR) is 82.6 cm³/mol. The van der Waals surface area contributed by atoms with Crippen molar-refractivity contribution in [1.82, 2.24) is 9.88 Å². The van der Waals surface area contributed by atoms with Crippen molar-refractivity contribution in [3.05, 3.63) is 46.7 Å². The van der Waals surface area contributed by atoms with E-state index < -0.39 is 0 Å². The van der Waals surface area contributed by atoms with Crippen LogP contribution in [0.5, 0.6) is 5.75 Å². The fourth-order valence-corrected chi connectivity index (χ4v) is 3.38. The van der Waals surface area contributed by atoms with Gasteiger partial charge in [0.15, 0.2) is 6.61 Å². The molecular weight excluding hydrogens is 303 g/mol. The van der Waals surface area contributed by atoms with Crippen molar-refractivity contribution in [1.29, 1.82) is 0 Å². The van der Waals surface area contributed by atoms with Gasteiger partial charge in [0, 0.05) is 30.6 Å². The highest BCUT2D eigenvalue weighted by Crippen LogP contribution is 2.28. The van der Waals surface area contributed by atoms with Crippen LogP contribution in [0.3, 0.4) is 0 Å². The first-order valence-electron chi connectivity index (χ1n) is 7.28. The largest absolute Gasteiger partial charge is 0.484 e. The van der Waals surface area contributed by atoms with Gasteiger partial charge in [-0.1, -0.05) is 0 Å². The summed E-state index contributed by atoms with van der Waals surface area (Å²) < 4.78 is 18.2. The predicted octanol–water partition coefficient (Wildman–Crippen LogP) is 3.07. The first-order valence-corrected chi connectivity index (χ1v) is 8.16. The number of thiazole rings is 1. The molecule has 1 amide bonds. The lowest BCUT2D eigenvalue weighted by atomic mass is 9.99. The second-order valence-corrected chi connectivity index (χ2v) is 6.22. The zero-order valence-electron chi connectivity index (χ0n) is 12.1. The highest BCUT2D eigenvalue weighted by Gasteiger charge is 2.26. The van der Waals surface area contributed by atoms with Gasteiger partial charge < -0.3 is 9.64 Å². The van der Waals surface area contributed by atoms with Crippen molar-refractivity contribution < 1.29 is 13.9 Å². The standard InChI is InChI=1S/C16H17FN2O2S/c17-13-3-5-14(6-4-13)21-11-15(20)19-8-1-2-12(10-19)16-18-7-9-22-16/h3-7,9,12H,1-2,8,10-11H2/t12-/m0/s1. The number of likely N-dealkylation sites (tertiary alicyclic amines) is 1. The Morgan fingerprint density at radius 3 is 2.95 bits per heavy atom. The highest BCUT2D eigenvalue weighted by atomic mass is 32.1. The van der Waals surface area contributed by atoms with E-state index in [1.165, 1.54) is 24.3 Å². The Hall–Kier alpha value is -1.95. The zero-order chi connectivity index (χ0) is 15.4. The molecule has 6 heteroatoms. The molecule has 3 rings (SSSR count). The Balaban J connectivity index is 1.54. The Kier molecular flexibility index (Phi) is 4.68. The molecule has 1 fully saturated rings. The molecule has 0 spiro atoms. The molecule has 1 saturated heterocycles. The molecular formula is C16H17FN2O2S. The maximum atomic E-state index is 12.8. The minimum absolute atomic E-state index is 0.0176. The number of amides is 1. The number of halogens is 1. The van der Waals surface area contributed by atoms with E-state index in [0.717, 1.165) is 24.4 Å². The second-order valence-electron chi connectivity index (χ2n) is 5.29. The van der Waals surface area contributed by atoms with Crippen molar-refractivity contribution in [2.75, 3.05) is 19.7 Å². The number of carbonyl (C=O) groups excluding carboxylic acids is 1. The molecule has 1 aromatic heterocycles. The smallest absolute Gasteiger partial charge is 0.260 e. The van der Waals surface area contributed by atoms with Crippen LogP contribution in [-0.4, -0.2) is 35.5 Å².